The van der Waals surface area contributed by atoms with Gasteiger partial charge < -0.3 is 10.4 Å². The van der Waals surface area contributed by atoms with E-state index < -0.39 is 5.97 Å². The molecule has 2 unspecified atom stereocenters. The third-order valence-electron chi connectivity index (χ3n) is 3.52. The zero-order chi connectivity index (χ0) is 12.3. The molecule has 2 N–H and O–H groups in total. The van der Waals surface area contributed by atoms with Crippen LogP contribution in [0.1, 0.15) is 47.2 Å². The highest BCUT2D eigenvalue weighted by atomic mass is 32.1. The van der Waals surface area contributed by atoms with Gasteiger partial charge in [-0.3, -0.25) is 0 Å². The maximum atomic E-state index is 10.8. The molecule has 2 rings (SSSR count). The summed E-state index contributed by atoms with van der Waals surface area (Å²) in [5.41, 5.74) is 0. The van der Waals surface area contributed by atoms with Crippen molar-refractivity contribution in [3.05, 3.63) is 21.9 Å². The first kappa shape index (κ1) is 12.6. The lowest BCUT2D eigenvalue weighted by Gasteiger charge is -2.29. The van der Waals surface area contributed by atoms with Gasteiger partial charge in [0.05, 0.1) is 0 Å². The second kappa shape index (κ2) is 5.65. The molecule has 1 aliphatic rings. The van der Waals surface area contributed by atoms with Crippen LogP contribution in [0.15, 0.2) is 12.1 Å². The highest BCUT2D eigenvalue weighted by Crippen LogP contribution is 2.24. The van der Waals surface area contributed by atoms with E-state index in [1.807, 2.05) is 6.07 Å². The molecule has 0 bridgehead atoms. The van der Waals surface area contributed by atoms with Crippen LogP contribution in [0.3, 0.4) is 0 Å². The zero-order valence-corrected chi connectivity index (χ0v) is 10.9. The van der Waals surface area contributed by atoms with E-state index in [9.17, 15) is 4.79 Å². The molecule has 94 valence electrons. The monoisotopic (exact) mass is 253 g/mol. The Morgan fingerprint density at radius 2 is 2.24 bits per heavy atom. The Kier molecular flexibility index (Phi) is 4.18. The summed E-state index contributed by atoms with van der Waals surface area (Å²) < 4.78 is 0. The molecule has 0 spiro atoms. The van der Waals surface area contributed by atoms with Gasteiger partial charge in [-0.2, -0.15) is 0 Å². The Morgan fingerprint density at radius 1 is 1.47 bits per heavy atom. The maximum absolute atomic E-state index is 10.8. The molecule has 0 amide bonds. The molecule has 1 aliphatic carbocycles. The summed E-state index contributed by atoms with van der Waals surface area (Å²) in [6.45, 7) is 3.10. The van der Waals surface area contributed by atoms with Gasteiger partial charge in [-0.05, 0) is 30.9 Å². The Bertz CT molecular complexity index is 389. The summed E-state index contributed by atoms with van der Waals surface area (Å²) >= 11 is 1.37. The predicted molar refractivity (Wildman–Crippen MR) is 69.5 cm³/mol. The van der Waals surface area contributed by atoms with E-state index in [0.717, 1.165) is 17.3 Å². The van der Waals surface area contributed by atoms with Crippen LogP contribution in [0.4, 0.5) is 0 Å². The summed E-state index contributed by atoms with van der Waals surface area (Å²) in [7, 11) is 0. The van der Waals surface area contributed by atoms with Crippen molar-refractivity contribution in [2.24, 2.45) is 5.92 Å². The van der Waals surface area contributed by atoms with Crippen molar-refractivity contribution in [1.82, 2.24) is 5.32 Å². The van der Waals surface area contributed by atoms with Crippen LogP contribution in [0.25, 0.3) is 0 Å². The van der Waals surface area contributed by atoms with Gasteiger partial charge in [-0.15, -0.1) is 11.3 Å². The molecule has 17 heavy (non-hydrogen) atoms. The van der Waals surface area contributed by atoms with E-state index >= 15 is 0 Å². The molecule has 2 atom stereocenters. The third kappa shape index (κ3) is 3.30. The second-order valence-electron chi connectivity index (χ2n) is 4.82. The Morgan fingerprint density at radius 3 is 2.88 bits per heavy atom. The van der Waals surface area contributed by atoms with Crippen molar-refractivity contribution >= 4 is 17.3 Å². The average Bonchev–Trinajstić information content (AvgIpc) is 2.77. The largest absolute Gasteiger partial charge is 0.477 e. The number of carboxylic acid groups (broad SMARTS) is 1. The van der Waals surface area contributed by atoms with Crippen molar-refractivity contribution in [3.8, 4) is 0 Å². The first-order valence-electron chi connectivity index (χ1n) is 6.22. The molecular weight excluding hydrogens is 234 g/mol. The fraction of sp³-hybridized carbons (Fsp3) is 0.615. The number of aromatic carboxylic acids is 1. The van der Waals surface area contributed by atoms with Gasteiger partial charge in [-0.1, -0.05) is 19.8 Å². The van der Waals surface area contributed by atoms with Gasteiger partial charge in [0.25, 0.3) is 0 Å². The summed E-state index contributed by atoms with van der Waals surface area (Å²) in [5.74, 6) is -0.0880. The summed E-state index contributed by atoms with van der Waals surface area (Å²) in [6.07, 6.45) is 5.22. The van der Waals surface area contributed by atoms with E-state index in [4.69, 9.17) is 5.11 Å². The number of carbonyl (C=O) groups is 1. The molecule has 1 saturated carbocycles. The molecule has 4 heteroatoms. The molecule has 1 heterocycles. The fourth-order valence-electron chi connectivity index (χ4n) is 2.44. The van der Waals surface area contributed by atoms with Crippen molar-refractivity contribution in [1.29, 1.82) is 0 Å². The number of nitrogens with one attached hydrogen (secondary N) is 1. The van der Waals surface area contributed by atoms with Crippen LogP contribution in [0.5, 0.6) is 0 Å². The van der Waals surface area contributed by atoms with Gasteiger partial charge in [0.1, 0.15) is 4.88 Å². The average molecular weight is 253 g/mol. The molecule has 1 fully saturated rings. The van der Waals surface area contributed by atoms with E-state index in [-0.39, 0.29) is 0 Å². The fourth-order valence-corrected chi connectivity index (χ4v) is 3.24. The quantitative estimate of drug-likeness (QED) is 0.866. The van der Waals surface area contributed by atoms with Gasteiger partial charge in [-0.25, -0.2) is 4.79 Å². The molecular formula is C13H19NO2S. The van der Waals surface area contributed by atoms with E-state index in [0.29, 0.717) is 10.9 Å². The number of hydrogen-bond donors (Lipinski definition) is 2. The van der Waals surface area contributed by atoms with Gasteiger partial charge in [0, 0.05) is 17.5 Å². The van der Waals surface area contributed by atoms with Crippen molar-refractivity contribution < 1.29 is 9.90 Å². The minimum Gasteiger partial charge on any atom is -0.477 e. The van der Waals surface area contributed by atoms with Crippen molar-refractivity contribution in [2.45, 2.75) is 45.2 Å². The Hall–Kier alpha value is -0.870. The van der Waals surface area contributed by atoms with Crippen molar-refractivity contribution in [3.63, 3.8) is 0 Å². The molecule has 0 aromatic carbocycles. The summed E-state index contributed by atoms with van der Waals surface area (Å²) in [4.78, 5) is 12.3. The van der Waals surface area contributed by atoms with E-state index in [2.05, 4.69) is 12.2 Å². The molecule has 0 radical (unpaired) electrons. The second-order valence-corrected chi connectivity index (χ2v) is 5.99. The Balaban J connectivity index is 1.86. The lowest BCUT2D eigenvalue weighted by atomic mass is 9.86. The maximum Gasteiger partial charge on any atom is 0.345 e. The minimum atomic E-state index is -0.827. The van der Waals surface area contributed by atoms with Crippen LogP contribution in [-0.4, -0.2) is 17.1 Å². The van der Waals surface area contributed by atoms with Gasteiger partial charge >= 0.3 is 5.97 Å². The predicted octanol–water partition coefficient (Wildman–Crippen LogP) is 3.11. The standard InChI is InChI=1S/C13H19NO2S/c1-9-4-2-3-5-11(9)14-8-10-6-7-12(17-10)13(15)16/h6-7,9,11,14H,2-5,8H2,1H3,(H,15,16). The third-order valence-corrected chi connectivity index (χ3v) is 4.60. The van der Waals surface area contributed by atoms with Crippen LogP contribution >= 0.6 is 11.3 Å². The normalized spacial score (nSPS) is 24.8. The molecule has 3 nitrogen and oxygen atoms in total. The van der Waals surface area contributed by atoms with E-state index in [1.54, 1.807) is 6.07 Å². The lowest BCUT2D eigenvalue weighted by Crippen LogP contribution is -2.36. The van der Waals surface area contributed by atoms with Crippen LogP contribution in [-0.2, 0) is 6.54 Å². The van der Waals surface area contributed by atoms with Crippen LogP contribution in [0, 0.1) is 5.92 Å². The molecule has 1 aromatic rings. The smallest absolute Gasteiger partial charge is 0.345 e. The summed E-state index contributed by atoms with van der Waals surface area (Å²) in [6, 6.07) is 4.20. The highest BCUT2D eigenvalue weighted by molar-refractivity contribution is 7.13. The SMILES string of the molecule is CC1CCCCC1NCc1ccc(C(=O)O)s1. The molecule has 0 saturated heterocycles. The lowest BCUT2D eigenvalue weighted by molar-refractivity contribution is 0.0702. The van der Waals surface area contributed by atoms with E-state index in [1.165, 1.54) is 37.0 Å². The van der Waals surface area contributed by atoms with Crippen LogP contribution in [0.2, 0.25) is 0 Å². The van der Waals surface area contributed by atoms with Gasteiger partial charge in [0.15, 0.2) is 0 Å². The van der Waals surface area contributed by atoms with Crippen LogP contribution < -0.4 is 5.32 Å². The molecule has 1 aromatic heterocycles. The zero-order valence-electron chi connectivity index (χ0n) is 10.1. The summed E-state index contributed by atoms with van der Waals surface area (Å²) in [5, 5.41) is 12.4. The topological polar surface area (TPSA) is 49.3 Å². The number of rotatable bonds is 4. The van der Waals surface area contributed by atoms with Gasteiger partial charge in [0.2, 0.25) is 0 Å². The first-order chi connectivity index (χ1) is 8.16. The van der Waals surface area contributed by atoms with Crippen molar-refractivity contribution in [2.75, 3.05) is 0 Å². The molecule has 0 aliphatic heterocycles. The highest BCUT2D eigenvalue weighted by Gasteiger charge is 2.20. The Labute approximate surface area is 106 Å². The number of hydrogen-bond acceptors (Lipinski definition) is 3. The first-order valence-corrected chi connectivity index (χ1v) is 7.04. The number of carboxylic acids is 1. The number of thiophene rings is 1. The minimum absolute atomic E-state index is 0.429.